The lowest BCUT2D eigenvalue weighted by Gasteiger charge is -2.26. The van der Waals surface area contributed by atoms with Gasteiger partial charge in [0.15, 0.2) is 0 Å². The number of carbonyl (C=O) groups excluding carboxylic acids is 1. The van der Waals surface area contributed by atoms with Crippen LogP contribution in [-0.2, 0) is 10.9 Å². The third-order valence-corrected chi connectivity index (χ3v) is 2.44. The van der Waals surface area contributed by atoms with Gasteiger partial charge in [-0.2, -0.15) is 13.2 Å². The van der Waals surface area contributed by atoms with E-state index in [1.165, 1.54) is 12.1 Å². The van der Waals surface area contributed by atoms with Crippen molar-refractivity contribution in [1.82, 2.24) is 5.32 Å². The van der Waals surface area contributed by atoms with Gasteiger partial charge in [-0.15, -0.1) is 0 Å². The fourth-order valence-electron chi connectivity index (χ4n) is 1.41. The zero-order valence-electron chi connectivity index (χ0n) is 9.25. The minimum Gasteiger partial charge on any atom is -0.377 e. The SMILES string of the molecule is O=C(Nc1ccc(C(F)(F)F)cc1)NC1COC1. The van der Waals surface area contributed by atoms with Gasteiger partial charge in [-0.1, -0.05) is 0 Å². The maximum atomic E-state index is 12.3. The van der Waals surface area contributed by atoms with E-state index in [4.69, 9.17) is 4.74 Å². The monoisotopic (exact) mass is 260 g/mol. The summed E-state index contributed by atoms with van der Waals surface area (Å²) < 4.78 is 41.8. The number of carbonyl (C=O) groups is 1. The predicted molar refractivity (Wildman–Crippen MR) is 58.2 cm³/mol. The third-order valence-electron chi connectivity index (χ3n) is 2.44. The Hall–Kier alpha value is -1.76. The number of halogens is 3. The van der Waals surface area contributed by atoms with Crippen LogP contribution >= 0.6 is 0 Å². The summed E-state index contributed by atoms with van der Waals surface area (Å²) in [6.07, 6.45) is -4.37. The van der Waals surface area contributed by atoms with Gasteiger partial charge in [0.1, 0.15) is 0 Å². The molecule has 2 amide bonds. The molecule has 7 heteroatoms. The molecule has 0 spiro atoms. The van der Waals surface area contributed by atoms with Crippen molar-refractivity contribution in [3.05, 3.63) is 29.8 Å². The predicted octanol–water partition coefficient (Wildman–Crippen LogP) is 2.23. The maximum Gasteiger partial charge on any atom is 0.416 e. The summed E-state index contributed by atoms with van der Waals surface area (Å²) in [5.41, 5.74) is -0.443. The molecule has 1 aromatic rings. The number of amides is 2. The molecular weight excluding hydrogens is 249 g/mol. The normalized spacial score (nSPS) is 15.9. The molecule has 0 saturated carbocycles. The summed E-state index contributed by atoms with van der Waals surface area (Å²) in [5, 5.41) is 5.06. The van der Waals surface area contributed by atoms with E-state index in [9.17, 15) is 18.0 Å². The maximum absolute atomic E-state index is 12.3. The summed E-state index contributed by atoms with van der Waals surface area (Å²) in [5.74, 6) is 0. The van der Waals surface area contributed by atoms with E-state index in [2.05, 4.69) is 10.6 Å². The Morgan fingerprint density at radius 3 is 2.28 bits per heavy atom. The molecule has 1 heterocycles. The van der Waals surface area contributed by atoms with E-state index in [0.717, 1.165) is 12.1 Å². The average molecular weight is 260 g/mol. The first kappa shape index (κ1) is 12.7. The fourth-order valence-corrected chi connectivity index (χ4v) is 1.41. The molecule has 0 radical (unpaired) electrons. The van der Waals surface area contributed by atoms with E-state index < -0.39 is 17.8 Å². The largest absolute Gasteiger partial charge is 0.416 e. The van der Waals surface area contributed by atoms with Crippen molar-refractivity contribution in [1.29, 1.82) is 0 Å². The number of hydrogen-bond acceptors (Lipinski definition) is 2. The van der Waals surface area contributed by atoms with Crippen molar-refractivity contribution < 1.29 is 22.7 Å². The molecule has 1 saturated heterocycles. The van der Waals surface area contributed by atoms with Crippen LogP contribution in [0.15, 0.2) is 24.3 Å². The zero-order valence-corrected chi connectivity index (χ0v) is 9.25. The Morgan fingerprint density at radius 1 is 1.22 bits per heavy atom. The molecule has 18 heavy (non-hydrogen) atoms. The van der Waals surface area contributed by atoms with E-state index in [-0.39, 0.29) is 6.04 Å². The van der Waals surface area contributed by atoms with Crippen LogP contribution in [0, 0.1) is 0 Å². The van der Waals surface area contributed by atoms with Crippen molar-refractivity contribution >= 4 is 11.7 Å². The second kappa shape index (κ2) is 4.85. The van der Waals surface area contributed by atoms with E-state index in [1.54, 1.807) is 0 Å². The lowest BCUT2D eigenvalue weighted by molar-refractivity contribution is -0.137. The molecule has 0 unspecified atom stereocenters. The van der Waals surface area contributed by atoms with Gasteiger partial charge < -0.3 is 15.4 Å². The van der Waals surface area contributed by atoms with Crippen LogP contribution in [0.25, 0.3) is 0 Å². The van der Waals surface area contributed by atoms with Gasteiger partial charge >= 0.3 is 12.2 Å². The van der Waals surface area contributed by atoms with Crippen molar-refractivity contribution in [2.45, 2.75) is 12.2 Å². The highest BCUT2D eigenvalue weighted by atomic mass is 19.4. The van der Waals surface area contributed by atoms with Crippen molar-refractivity contribution in [2.75, 3.05) is 18.5 Å². The van der Waals surface area contributed by atoms with Crippen molar-refractivity contribution in [3.63, 3.8) is 0 Å². The highest BCUT2D eigenvalue weighted by Crippen LogP contribution is 2.29. The summed E-state index contributed by atoms with van der Waals surface area (Å²) in [4.78, 5) is 11.4. The van der Waals surface area contributed by atoms with Crippen molar-refractivity contribution in [3.8, 4) is 0 Å². The number of anilines is 1. The molecule has 0 aromatic heterocycles. The second-order valence-electron chi connectivity index (χ2n) is 3.91. The highest BCUT2D eigenvalue weighted by molar-refractivity contribution is 5.89. The molecule has 1 aromatic carbocycles. The first-order chi connectivity index (χ1) is 8.45. The summed E-state index contributed by atoms with van der Waals surface area (Å²) in [6, 6.07) is 3.77. The molecule has 2 N–H and O–H groups in total. The quantitative estimate of drug-likeness (QED) is 0.856. The molecule has 2 rings (SSSR count). The van der Waals surface area contributed by atoms with Crippen LogP contribution in [-0.4, -0.2) is 25.3 Å². The Bertz CT molecular complexity index is 427. The number of nitrogens with one attached hydrogen (secondary N) is 2. The lowest BCUT2D eigenvalue weighted by Crippen LogP contribution is -2.49. The van der Waals surface area contributed by atoms with Crippen LogP contribution < -0.4 is 10.6 Å². The van der Waals surface area contributed by atoms with Gasteiger partial charge in [0.2, 0.25) is 0 Å². The zero-order chi connectivity index (χ0) is 13.2. The molecule has 1 fully saturated rings. The van der Waals surface area contributed by atoms with Gasteiger partial charge in [0.05, 0.1) is 24.8 Å². The van der Waals surface area contributed by atoms with Crippen LogP contribution in [0.1, 0.15) is 5.56 Å². The summed E-state index contributed by atoms with van der Waals surface area (Å²) in [7, 11) is 0. The second-order valence-corrected chi connectivity index (χ2v) is 3.91. The Balaban J connectivity index is 1.91. The van der Waals surface area contributed by atoms with Gasteiger partial charge in [-0.05, 0) is 24.3 Å². The van der Waals surface area contributed by atoms with Gasteiger partial charge in [-0.25, -0.2) is 4.79 Å². The van der Waals surface area contributed by atoms with E-state index in [1.807, 2.05) is 0 Å². The Kier molecular flexibility index (Phi) is 3.42. The first-order valence-electron chi connectivity index (χ1n) is 5.27. The fraction of sp³-hybridized carbons (Fsp3) is 0.364. The third kappa shape index (κ3) is 3.13. The first-order valence-corrected chi connectivity index (χ1v) is 5.27. The lowest BCUT2D eigenvalue weighted by atomic mass is 10.2. The highest BCUT2D eigenvalue weighted by Gasteiger charge is 2.30. The topological polar surface area (TPSA) is 50.4 Å². The van der Waals surface area contributed by atoms with Crippen LogP contribution in [0.5, 0.6) is 0 Å². The molecule has 1 aliphatic rings. The van der Waals surface area contributed by atoms with E-state index in [0.29, 0.717) is 18.9 Å². The number of ether oxygens (including phenoxy) is 1. The molecule has 0 bridgehead atoms. The van der Waals surface area contributed by atoms with Crippen LogP contribution in [0.3, 0.4) is 0 Å². The summed E-state index contributed by atoms with van der Waals surface area (Å²) in [6.45, 7) is 0.918. The number of hydrogen-bond donors (Lipinski definition) is 2. The minimum absolute atomic E-state index is 0.0283. The number of rotatable bonds is 2. The molecular formula is C11H11F3N2O2. The molecule has 1 aliphatic heterocycles. The smallest absolute Gasteiger partial charge is 0.377 e. The number of alkyl halides is 3. The van der Waals surface area contributed by atoms with Crippen molar-refractivity contribution in [2.24, 2.45) is 0 Å². The van der Waals surface area contributed by atoms with Crippen LogP contribution in [0.4, 0.5) is 23.7 Å². The van der Waals surface area contributed by atoms with Gasteiger partial charge in [0.25, 0.3) is 0 Å². The van der Waals surface area contributed by atoms with E-state index >= 15 is 0 Å². The number of urea groups is 1. The molecule has 0 aliphatic carbocycles. The molecule has 98 valence electrons. The molecule has 0 atom stereocenters. The molecule has 4 nitrogen and oxygen atoms in total. The summed E-state index contributed by atoms with van der Waals surface area (Å²) >= 11 is 0. The Labute approximate surface area is 101 Å². The van der Waals surface area contributed by atoms with Gasteiger partial charge in [-0.3, -0.25) is 0 Å². The average Bonchev–Trinajstić information content (AvgIpc) is 2.23. The minimum atomic E-state index is -4.37. The Morgan fingerprint density at radius 2 is 1.83 bits per heavy atom. The number of benzene rings is 1. The van der Waals surface area contributed by atoms with Gasteiger partial charge in [0, 0.05) is 5.69 Å². The van der Waals surface area contributed by atoms with Crippen LogP contribution in [0.2, 0.25) is 0 Å². The standard InChI is InChI=1S/C11H11F3N2O2/c12-11(13,14)7-1-3-8(4-2-7)15-10(17)16-9-5-18-6-9/h1-4,9H,5-6H2,(H2,15,16,17).